The molecule has 0 aromatic rings. The highest BCUT2D eigenvalue weighted by atomic mass is 16.8. The van der Waals surface area contributed by atoms with Crippen molar-refractivity contribution in [2.75, 3.05) is 0 Å². The van der Waals surface area contributed by atoms with Crippen molar-refractivity contribution in [3.8, 4) is 0 Å². The smallest absolute Gasteiger partial charge is 0.164 e. The van der Waals surface area contributed by atoms with E-state index in [1.54, 1.807) is 12.2 Å². The Bertz CT molecular complexity index is 555. The van der Waals surface area contributed by atoms with Gasteiger partial charge in [-0.25, -0.2) is 0 Å². The number of hydrogen-bond acceptors (Lipinski definition) is 5. The quantitative estimate of drug-likeness (QED) is 0.780. The van der Waals surface area contributed by atoms with Crippen molar-refractivity contribution in [1.82, 2.24) is 0 Å². The molecule has 5 heteroatoms. The molecule has 3 rings (SSSR count). The minimum absolute atomic E-state index is 0.0610. The van der Waals surface area contributed by atoms with Gasteiger partial charge in [-0.15, -0.1) is 0 Å². The normalized spacial score (nSPS) is 45.8. The first-order valence-electron chi connectivity index (χ1n) is 8.20. The van der Waals surface area contributed by atoms with E-state index in [0.29, 0.717) is 5.70 Å². The highest BCUT2D eigenvalue weighted by Gasteiger charge is 2.68. The van der Waals surface area contributed by atoms with Crippen LogP contribution in [0.25, 0.3) is 0 Å². The maximum Gasteiger partial charge on any atom is 0.164 e. The molecular formula is C18H28N2O3. The molecule has 3 aliphatic heterocycles. The third-order valence-corrected chi connectivity index (χ3v) is 5.25. The minimum atomic E-state index is -0.559. The molecular weight excluding hydrogens is 292 g/mol. The highest BCUT2D eigenvalue weighted by Crippen LogP contribution is 2.57. The van der Waals surface area contributed by atoms with Crippen molar-refractivity contribution in [3.63, 3.8) is 0 Å². The van der Waals surface area contributed by atoms with Crippen LogP contribution >= 0.6 is 0 Å². The molecule has 3 fully saturated rings. The maximum absolute atomic E-state index is 6.37. The minimum Gasteiger partial charge on any atom is -0.402 e. The van der Waals surface area contributed by atoms with Gasteiger partial charge in [0.2, 0.25) is 0 Å². The number of fused-ring (bicyclic) bond motifs is 5. The number of nitrogens with two attached hydrogens (primary N) is 2. The van der Waals surface area contributed by atoms with E-state index in [1.165, 1.54) is 0 Å². The molecule has 0 spiro atoms. The summed E-state index contributed by atoms with van der Waals surface area (Å²) in [5, 5.41) is 0. The van der Waals surface area contributed by atoms with E-state index in [-0.39, 0.29) is 29.3 Å². The van der Waals surface area contributed by atoms with Gasteiger partial charge in [0.05, 0.1) is 11.2 Å². The fourth-order valence-electron chi connectivity index (χ4n) is 4.30. The molecule has 128 valence electrons. The van der Waals surface area contributed by atoms with Crippen LogP contribution in [0.1, 0.15) is 40.5 Å². The lowest BCUT2D eigenvalue weighted by atomic mass is 9.82. The monoisotopic (exact) mass is 320 g/mol. The van der Waals surface area contributed by atoms with Crippen LogP contribution in [-0.2, 0) is 14.2 Å². The Morgan fingerprint density at radius 3 is 2.00 bits per heavy atom. The van der Waals surface area contributed by atoms with Gasteiger partial charge in [-0.05, 0) is 58.8 Å². The summed E-state index contributed by atoms with van der Waals surface area (Å²) in [7, 11) is 0. The van der Waals surface area contributed by atoms with Crippen LogP contribution in [0.5, 0.6) is 0 Å². The first-order chi connectivity index (χ1) is 10.6. The summed E-state index contributed by atoms with van der Waals surface area (Å²) in [6.45, 7) is 11.8. The third-order valence-electron chi connectivity index (χ3n) is 5.25. The molecule has 2 bridgehead atoms. The molecule has 23 heavy (non-hydrogen) atoms. The van der Waals surface area contributed by atoms with Gasteiger partial charge in [0.1, 0.15) is 12.2 Å². The zero-order chi connectivity index (χ0) is 17.0. The Hall–Kier alpha value is -1.30. The van der Waals surface area contributed by atoms with Crippen LogP contribution in [0.2, 0.25) is 0 Å². The van der Waals surface area contributed by atoms with Gasteiger partial charge in [0.25, 0.3) is 0 Å². The van der Waals surface area contributed by atoms with Crippen molar-refractivity contribution in [3.05, 3.63) is 36.2 Å². The molecule has 5 nitrogen and oxygen atoms in total. The largest absolute Gasteiger partial charge is 0.402 e. The van der Waals surface area contributed by atoms with Crippen molar-refractivity contribution < 1.29 is 14.2 Å². The van der Waals surface area contributed by atoms with E-state index < -0.39 is 5.79 Å². The molecule has 0 unspecified atom stereocenters. The van der Waals surface area contributed by atoms with E-state index in [2.05, 4.69) is 20.4 Å². The molecule has 0 aromatic heterocycles. The van der Waals surface area contributed by atoms with Crippen LogP contribution < -0.4 is 11.5 Å². The molecule has 3 heterocycles. The van der Waals surface area contributed by atoms with E-state index in [4.69, 9.17) is 25.7 Å². The van der Waals surface area contributed by atoms with Gasteiger partial charge in [0.15, 0.2) is 5.79 Å². The van der Waals surface area contributed by atoms with Crippen molar-refractivity contribution >= 4 is 0 Å². The average Bonchev–Trinajstić information content (AvgIpc) is 2.86. The van der Waals surface area contributed by atoms with Crippen molar-refractivity contribution in [1.29, 1.82) is 0 Å². The summed E-state index contributed by atoms with van der Waals surface area (Å²) in [4.78, 5) is 0. The molecule has 3 aliphatic rings. The van der Waals surface area contributed by atoms with Gasteiger partial charge in [-0.1, -0.05) is 6.58 Å². The Balaban J connectivity index is 1.86. The lowest BCUT2D eigenvalue weighted by Crippen LogP contribution is -2.48. The standard InChI is InChI=1S/C18H28N2O3/c1-6-12(19)7-8-13(20)11-9-17(4)14-15(18(5,10-11)23-17)22-16(2,3)21-14/h6-8,11,14-15H,1,9-10,19-20H2,2-5H3/b12-7+,13-8-/t11-,14-,15+,17+,18-. The number of ether oxygens (including phenoxy) is 3. The van der Waals surface area contributed by atoms with E-state index in [9.17, 15) is 0 Å². The van der Waals surface area contributed by atoms with Gasteiger partial charge in [-0.2, -0.15) is 0 Å². The summed E-state index contributed by atoms with van der Waals surface area (Å²) in [6.07, 6.45) is 6.78. The predicted octanol–water partition coefficient (Wildman–Crippen LogP) is 2.34. The van der Waals surface area contributed by atoms with Gasteiger partial charge >= 0.3 is 0 Å². The second kappa shape index (κ2) is 5.10. The predicted molar refractivity (Wildman–Crippen MR) is 89.2 cm³/mol. The lowest BCUT2D eigenvalue weighted by molar-refractivity contribution is -0.245. The van der Waals surface area contributed by atoms with Crippen LogP contribution in [-0.4, -0.2) is 29.2 Å². The van der Waals surface area contributed by atoms with Crippen molar-refractivity contribution in [2.24, 2.45) is 17.4 Å². The van der Waals surface area contributed by atoms with Crippen LogP contribution in [0.4, 0.5) is 0 Å². The van der Waals surface area contributed by atoms with Gasteiger partial charge in [-0.3, -0.25) is 0 Å². The molecule has 5 atom stereocenters. The fourth-order valence-corrected chi connectivity index (χ4v) is 4.30. The second-order valence-electron chi connectivity index (χ2n) is 7.85. The van der Waals surface area contributed by atoms with Crippen LogP contribution in [0, 0.1) is 5.92 Å². The molecule has 0 amide bonds. The first-order valence-corrected chi connectivity index (χ1v) is 8.20. The molecule has 0 aromatic carbocycles. The number of hydrogen-bond donors (Lipinski definition) is 2. The van der Waals surface area contributed by atoms with E-state index in [0.717, 1.165) is 18.5 Å². The van der Waals surface area contributed by atoms with E-state index in [1.807, 2.05) is 19.9 Å². The summed E-state index contributed by atoms with van der Waals surface area (Å²) in [5.74, 6) is -0.342. The Labute approximate surface area is 138 Å². The third kappa shape index (κ3) is 2.71. The summed E-state index contributed by atoms with van der Waals surface area (Å²) in [5.41, 5.74) is 12.7. The van der Waals surface area contributed by atoms with E-state index >= 15 is 0 Å². The van der Waals surface area contributed by atoms with Crippen LogP contribution in [0.3, 0.4) is 0 Å². The van der Waals surface area contributed by atoms with Gasteiger partial charge in [0, 0.05) is 17.3 Å². The maximum atomic E-state index is 6.37. The van der Waals surface area contributed by atoms with Crippen LogP contribution in [0.15, 0.2) is 36.2 Å². The number of rotatable bonds is 3. The molecule has 0 aliphatic carbocycles. The summed E-state index contributed by atoms with van der Waals surface area (Å²) >= 11 is 0. The Morgan fingerprint density at radius 2 is 1.52 bits per heavy atom. The number of allylic oxidation sites excluding steroid dienone is 4. The SMILES string of the molecule is C=C/C(N)=C\C=C(/N)[C@H]1C[C@@]2(C)O[C@@](C)(C1)[C@@H]1OC(C)(C)O[C@@H]12. The molecule has 4 N–H and O–H groups in total. The average molecular weight is 320 g/mol. The molecule has 0 radical (unpaired) electrons. The topological polar surface area (TPSA) is 79.7 Å². The highest BCUT2D eigenvalue weighted by molar-refractivity contribution is 5.25. The van der Waals surface area contributed by atoms with Gasteiger partial charge < -0.3 is 25.7 Å². The summed E-state index contributed by atoms with van der Waals surface area (Å²) in [6, 6.07) is 0. The fraction of sp³-hybridized carbons (Fsp3) is 0.667. The molecule has 0 saturated carbocycles. The Kier molecular flexibility index (Phi) is 3.67. The zero-order valence-electron chi connectivity index (χ0n) is 14.5. The lowest BCUT2D eigenvalue weighted by Gasteiger charge is -2.43. The molecule has 3 saturated heterocycles. The van der Waals surface area contributed by atoms with Crippen molar-refractivity contribution in [2.45, 2.75) is 69.7 Å². The zero-order valence-corrected chi connectivity index (χ0v) is 14.5. The second-order valence-corrected chi connectivity index (χ2v) is 7.85. The first kappa shape index (κ1) is 16.6. The Morgan fingerprint density at radius 1 is 1.00 bits per heavy atom. The summed E-state index contributed by atoms with van der Waals surface area (Å²) < 4.78 is 18.7.